The number of aromatic nitrogens is 2. The Morgan fingerprint density at radius 2 is 1.50 bits per heavy atom. The molecule has 3 rings (SSSR count). The maximum atomic E-state index is 12.9. The molecule has 6 heteroatoms. The van der Waals surface area contributed by atoms with Gasteiger partial charge in [0.2, 0.25) is 5.91 Å². The summed E-state index contributed by atoms with van der Waals surface area (Å²) >= 11 is 0. The number of carboxylic acid groups (broad SMARTS) is 1. The van der Waals surface area contributed by atoms with E-state index >= 15 is 0 Å². The summed E-state index contributed by atoms with van der Waals surface area (Å²) in [4.78, 5) is 34.3. The van der Waals surface area contributed by atoms with Gasteiger partial charge >= 0.3 is 5.97 Å². The van der Waals surface area contributed by atoms with Crippen molar-refractivity contribution >= 4 is 11.9 Å². The molecule has 24 heavy (non-hydrogen) atoms. The third kappa shape index (κ3) is 3.59. The third-order valence-corrected chi connectivity index (χ3v) is 4.38. The Kier molecular flexibility index (Phi) is 4.84. The van der Waals surface area contributed by atoms with Gasteiger partial charge in [0.15, 0.2) is 0 Å². The lowest BCUT2D eigenvalue weighted by molar-refractivity contribution is -0.157. The van der Waals surface area contributed by atoms with Crippen molar-refractivity contribution in [3.8, 4) is 0 Å². The SMILES string of the molecule is O=C(O)C1CCC1C(=O)N(Cc1ccccn1)Cc1ccccn1. The first-order chi connectivity index (χ1) is 11.6. The Balaban J connectivity index is 1.78. The molecule has 0 bridgehead atoms. The van der Waals surface area contributed by atoms with Crippen LogP contribution >= 0.6 is 0 Å². The highest BCUT2D eigenvalue weighted by Crippen LogP contribution is 2.36. The number of nitrogens with zero attached hydrogens (tertiary/aromatic N) is 3. The van der Waals surface area contributed by atoms with Crippen molar-refractivity contribution in [3.05, 3.63) is 60.2 Å². The summed E-state index contributed by atoms with van der Waals surface area (Å²) in [6.45, 7) is 0.693. The predicted octanol–water partition coefficient (Wildman–Crippen LogP) is 2.12. The smallest absolute Gasteiger partial charge is 0.307 e. The second kappa shape index (κ2) is 7.21. The molecule has 2 aromatic rings. The first-order valence-electron chi connectivity index (χ1n) is 7.96. The summed E-state index contributed by atoms with van der Waals surface area (Å²) in [5.74, 6) is -2.05. The van der Waals surface area contributed by atoms with E-state index in [1.807, 2.05) is 36.4 Å². The van der Waals surface area contributed by atoms with E-state index in [0.717, 1.165) is 11.4 Å². The fourth-order valence-corrected chi connectivity index (χ4v) is 2.91. The molecule has 1 fully saturated rings. The molecule has 1 aliphatic carbocycles. The van der Waals surface area contributed by atoms with Gasteiger partial charge in [-0.3, -0.25) is 19.6 Å². The lowest BCUT2D eigenvalue weighted by Crippen LogP contribution is -2.45. The highest BCUT2D eigenvalue weighted by atomic mass is 16.4. The highest BCUT2D eigenvalue weighted by Gasteiger charge is 2.43. The summed E-state index contributed by atoms with van der Waals surface area (Å²) < 4.78 is 0. The number of aliphatic carboxylic acids is 1. The van der Waals surface area contributed by atoms with Crippen molar-refractivity contribution in [2.24, 2.45) is 11.8 Å². The van der Waals surface area contributed by atoms with Gasteiger partial charge in [0, 0.05) is 12.4 Å². The number of hydrogen-bond acceptors (Lipinski definition) is 4. The van der Waals surface area contributed by atoms with Crippen LogP contribution in [0, 0.1) is 11.8 Å². The van der Waals surface area contributed by atoms with Crippen molar-refractivity contribution in [1.82, 2.24) is 14.9 Å². The number of carboxylic acids is 1. The van der Waals surface area contributed by atoms with Crippen LogP contribution < -0.4 is 0 Å². The van der Waals surface area contributed by atoms with Crippen LogP contribution in [0.25, 0.3) is 0 Å². The van der Waals surface area contributed by atoms with E-state index < -0.39 is 17.8 Å². The molecule has 0 spiro atoms. The van der Waals surface area contributed by atoms with Crippen LogP contribution in [0.5, 0.6) is 0 Å². The summed E-state index contributed by atoms with van der Waals surface area (Å²) in [6.07, 6.45) is 4.55. The van der Waals surface area contributed by atoms with Gasteiger partial charge in [0.25, 0.3) is 0 Å². The van der Waals surface area contributed by atoms with Gasteiger partial charge in [0.05, 0.1) is 36.3 Å². The number of rotatable bonds is 6. The molecule has 0 radical (unpaired) electrons. The average molecular weight is 325 g/mol. The topological polar surface area (TPSA) is 83.4 Å². The van der Waals surface area contributed by atoms with Gasteiger partial charge in [-0.25, -0.2) is 0 Å². The number of carbonyl (C=O) groups excluding carboxylic acids is 1. The minimum absolute atomic E-state index is 0.134. The van der Waals surface area contributed by atoms with E-state index in [1.165, 1.54) is 0 Å². The fraction of sp³-hybridized carbons (Fsp3) is 0.333. The predicted molar refractivity (Wildman–Crippen MR) is 86.6 cm³/mol. The van der Waals surface area contributed by atoms with Gasteiger partial charge in [-0.05, 0) is 37.1 Å². The number of hydrogen-bond donors (Lipinski definition) is 1. The lowest BCUT2D eigenvalue weighted by atomic mass is 9.73. The van der Waals surface area contributed by atoms with Crippen molar-refractivity contribution in [2.75, 3.05) is 0 Å². The number of amides is 1. The Hall–Kier alpha value is -2.76. The Labute approximate surface area is 140 Å². The van der Waals surface area contributed by atoms with Crippen LogP contribution in [0.1, 0.15) is 24.2 Å². The number of pyridine rings is 2. The van der Waals surface area contributed by atoms with E-state index in [1.54, 1.807) is 17.3 Å². The van der Waals surface area contributed by atoms with Crippen molar-refractivity contribution in [3.63, 3.8) is 0 Å². The summed E-state index contributed by atoms with van der Waals surface area (Å²) in [6, 6.07) is 11.1. The molecule has 124 valence electrons. The first kappa shape index (κ1) is 16.1. The zero-order valence-electron chi connectivity index (χ0n) is 13.2. The van der Waals surface area contributed by atoms with E-state index in [0.29, 0.717) is 25.9 Å². The molecule has 0 saturated heterocycles. The van der Waals surface area contributed by atoms with E-state index in [2.05, 4.69) is 9.97 Å². The van der Waals surface area contributed by atoms with E-state index in [-0.39, 0.29) is 5.91 Å². The standard InChI is InChI=1S/C18H19N3O3/c22-17(15-7-8-16(15)18(23)24)21(11-13-5-1-3-9-19-13)12-14-6-2-4-10-20-14/h1-6,9-10,15-16H,7-8,11-12H2,(H,23,24). The second-order valence-electron chi connectivity index (χ2n) is 5.97. The van der Waals surface area contributed by atoms with Gasteiger partial charge in [0.1, 0.15) is 0 Å². The normalized spacial score (nSPS) is 19.3. The molecule has 1 amide bonds. The van der Waals surface area contributed by atoms with E-state index in [4.69, 9.17) is 0 Å². The number of carbonyl (C=O) groups is 2. The lowest BCUT2D eigenvalue weighted by Gasteiger charge is -2.36. The largest absolute Gasteiger partial charge is 0.481 e. The van der Waals surface area contributed by atoms with Crippen molar-refractivity contribution in [1.29, 1.82) is 0 Å². The Bertz CT molecular complexity index is 664. The zero-order chi connectivity index (χ0) is 16.9. The Morgan fingerprint density at radius 1 is 0.958 bits per heavy atom. The molecule has 0 aromatic carbocycles. The highest BCUT2D eigenvalue weighted by molar-refractivity contribution is 5.86. The molecule has 1 aliphatic rings. The fourth-order valence-electron chi connectivity index (χ4n) is 2.91. The van der Waals surface area contributed by atoms with Gasteiger partial charge in [-0.2, -0.15) is 0 Å². The zero-order valence-corrected chi connectivity index (χ0v) is 13.2. The molecular weight excluding hydrogens is 306 g/mol. The van der Waals surface area contributed by atoms with Crippen LogP contribution in [0.3, 0.4) is 0 Å². The van der Waals surface area contributed by atoms with Crippen LogP contribution in [0.4, 0.5) is 0 Å². The van der Waals surface area contributed by atoms with Crippen LogP contribution in [-0.2, 0) is 22.7 Å². The molecule has 0 aliphatic heterocycles. The molecule has 2 unspecified atom stereocenters. The second-order valence-corrected chi connectivity index (χ2v) is 5.97. The maximum Gasteiger partial charge on any atom is 0.307 e. The van der Waals surface area contributed by atoms with Gasteiger partial charge < -0.3 is 10.0 Å². The van der Waals surface area contributed by atoms with Gasteiger partial charge in [-0.1, -0.05) is 12.1 Å². The van der Waals surface area contributed by atoms with Crippen molar-refractivity contribution < 1.29 is 14.7 Å². The monoisotopic (exact) mass is 325 g/mol. The molecule has 1 N–H and O–H groups in total. The molecule has 2 aromatic heterocycles. The molecule has 2 atom stereocenters. The minimum atomic E-state index is -0.893. The first-order valence-corrected chi connectivity index (χ1v) is 7.96. The van der Waals surface area contributed by atoms with Crippen LogP contribution in [0.15, 0.2) is 48.8 Å². The van der Waals surface area contributed by atoms with Crippen LogP contribution in [-0.4, -0.2) is 31.9 Å². The van der Waals surface area contributed by atoms with Crippen molar-refractivity contribution in [2.45, 2.75) is 25.9 Å². The summed E-state index contributed by atoms with van der Waals surface area (Å²) in [5, 5.41) is 9.22. The Morgan fingerprint density at radius 3 is 1.88 bits per heavy atom. The maximum absolute atomic E-state index is 12.9. The molecule has 6 nitrogen and oxygen atoms in total. The summed E-state index contributed by atoms with van der Waals surface area (Å²) in [7, 11) is 0. The summed E-state index contributed by atoms with van der Waals surface area (Å²) in [5.41, 5.74) is 1.54. The molecule has 2 heterocycles. The molecule has 1 saturated carbocycles. The van der Waals surface area contributed by atoms with Gasteiger partial charge in [-0.15, -0.1) is 0 Å². The quantitative estimate of drug-likeness (QED) is 0.879. The van der Waals surface area contributed by atoms with Crippen LogP contribution in [0.2, 0.25) is 0 Å². The molecular formula is C18H19N3O3. The average Bonchev–Trinajstić information content (AvgIpc) is 2.54. The minimum Gasteiger partial charge on any atom is -0.481 e. The van der Waals surface area contributed by atoms with E-state index in [9.17, 15) is 14.7 Å². The third-order valence-electron chi connectivity index (χ3n) is 4.38.